The van der Waals surface area contributed by atoms with Crippen LogP contribution in [-0.4, -0.2) is 77.5 Å². The highest BCUT2D eigenvalue weighted by molar-refractivity contribution is 5.93. The van der Waals surface area contributed by atoms with Crippen molar-refractivity contribution in [3.8, 4) is 11.3 Å². The Bertz CT molecular complexity index is 798. The quantitative estimate of drug-likeness (QED) is 0.870. The Morgan fingerprint density at radius 3 is 2.57 bits per heavy atom. The molecule has 7 heteroatoms. The molecule has 0 aliphatic carbocycles. The average molecular weight is 385 g/mol. The maximum Gasteiger partial charge on any atom is 0.276 e. The second-order valence-electron chi connectivity index (χ2n) is 7.60. The lowest BCUT2D eigenvalue weighted by Gasteiger charge is -2.36. The van der Waals surface area contributed by atoms with Gasteiger partial charge in [0.15, 0.2) is 11.5 Å². The van der Waals surface area contributed by atoms with E-state index in [4.69, 9.17) is 9.26 Å². The number of benzene rings is 1. The van der Waals surface area contributed by atoms with Crippen molar-refractivity contribution in [3.05, 3.63) is 41.6 Å². The number of aryl methyl sites for hydroxylation is 1. The van der Waals surface area contributed by atoms with Gasteiger partial charge in [-0.05, 0) is 19.8 Å². The van der Waals surface area contributed by atoms with Crippen LogP contribution in [-0.2, 0) is 4.74 Å². The van der Waals surface area contributed by atoms with Gasteiger partial charge in [-0.25, -0.2) is 0 Å². The van der Waals surface area contributed by atoms with Gasteiger partial charge >= 0.3 is 0 Å². The number of carbonyl (C=O) groups excluding carboxylic acids is 1. The highest BCUT2D eigenvalue weighted by Gasteiger charge is 2.32. The van der Waals surface area contributed by atoms with E-state index in [-0.39, 0.29) is 11.9 Å². The summed E-state index contributed by atoms with van der Waals surface area (Å²) in [5, 5.41) is 14.6. The Hall–Kier alpha value is -2.22. The molecule has 0 unspecified atom stereocenters. The van der Waals surface area contributed by atoms with Crippen molar-refractivity contribution < 1.29 is 19.2 Å². The van der Waals surface area contributed by atoms with Crippen molar-refractivity contribution in [3.63, 3.8) is 0 Å². The molecule has 0 spiro atoms. The van der Waals surface area contributed by atoms with Crippen LogP contribution in [0.2, 0.25) is 0 Å². The molecule has 1 N–H and O–H groups in total. The summed E-state index contributed by atoms with van der Waals surface area (Å²) in [7, 11) is 0. The zero-order valence-electron chi connectivity index (χ0n) is 16.2. The largest absolute Gasteiger partial charge is 0.391 e. The Morgan fingerprint density at radius 2 is 1.82 bits per heavy atom. The zero-order valence-corrected chi connectivity index (χ0v) is 16.2. The van der Waals surface area contributed by atoms with Crippen LogP contribution in [0.25, 0.3) is 11.3 Å². The molecule has 4 rings (SSSR count). The molecule has 0 saturated carbocycles. The van der Waals surface area contributed by atoms with E-state index in [9.17, 15) is 9.90 Å². The molecule has 1 aromatic heterocycles. The van der Waals surface area contributed by atoms with E-state index in [1.54, 1.807) is 11.0 Å². The molecule has 2 aliphatic rings. The van der Waals surface area contributed by atoms with Crippen molar-refractivity contribution in [1.82, 2.24) is 15.0 Å². The number of rotatable bonds is 3. The van der Waals surface area contributed by atoms with Crippen LogP contribution < -0.4 is 0 Å². The van der Waals surface area contributed by atoms with Gasteiger partial charge in [-0.2, -0.15) is 0 Å². The van der Waals surface area contributed by atoms with E-state index in [1.807, 2.05) is 31.2 Å². The number of nitrogens with zero attached hydrogens (tertiary/aromatic N) is 3. The van der Waals surface area contributed by atoms with Crippen LogP contribution in [0.15, 0.2) is 34.9 Å². The predicted octanol–water partition coefficient (Wildman–Crippen LogP) is 1.95. The second kappa shape index (κ2) is 8.43. The lowest BCUT2D eigenvalue weighted by Crippen LogP contribution is -2.49. The fourth-order valence-corrected chi connectivity index (χ4v) is 4.00. The fourth-order valence-electron chi connectivity index (χ4n) is 4.00. The Morgan fingerprint density at radius 1 is 1.11 bits per heavy atom. The average Bonchev–Trinajstić information content (AvgIpc) is 3.13. The number of carbonyl (C=O) groups is 1. The molecule has 28 heavy (non-hydrogen) atoms. The summed E-state index contributed by atoms with van der Waals surface area (Å²) in [5.74, 6) is 0.446. The third-order valence-electron chi connectivity index (χ3n) is 5.70. The van der Waals surface area contributed by atoms with Crippen molar-refractivity contribution in [2.24, 2.45) is 0 Å². The normalized spacial score (nSPS) is 24.1. The first-order valence-corrected chi connectivity index (χ1v) is 9.95. The molecule has 2 saturated heterocycles. The molecular weight excluding hydrogens is 358 g/mol. The number of morpholine rings is 1. The van der Waals surface area contributed by atoms with Crippen LogP contribution in [0.4, 0.5) is 0 Å². The zero-order chi connectivity index (χ0) is 19.5. The standard InChI is InChI=1S/C21H27N3O4/c1-15-2-4-16(5-3-15)20-14-17(22-28-20)21(26)24-8-6-18(19(25)7-9-24)23-10-12-27-13-11-23/h2-5,14,18-19,25H,6-13H2,1H3/t18-,19-/m0/s1. The first kappa shape index (κ1) is 19.1. The van der Waals surface area contributed by atoms with Crippen molar-refractivity contribution in [2.75, 3.05) is 39.4 Å². The van der Waals surface area contributed by atoms with Crippen molar-refractivity contribution in [2.45, 2.75) is 31.9 Å². The monoisotopic (exact) mass is 385 g/mol. The number of ether oxygens (including phenoxy) is 1. The minimum atomic E-state index is -0.434. The summed E-state index contributed by atoms with van der Waals surface area (Å²) in [4.78, 5) is 17.0. The van der Waals surface area contributed by atoms with Gasteiger partial charge in [-0.15, -0.1) is 0 Å². The van der Waals surface area contributed by atoms with Gasteiger partial charge in [-0.1, -0.05) is 35.0 Å². The van der Waals surface area contributed by atoms with Crippen LogP contribution in [0.5, 0.6) is 0 Å². The lowest BCUT2D eigenvalue weighted by molar-refractivity contribution is -0.0222. The summed E-state index contributed by atoms with van der Waals surface area (Å²) in [6.07, 6.45) is 0.878. The summed E-state index contributed by atoms with van der Waals surface area (Å²) in [6.45, 7) is 6.21. The summed E-state index contributed by atoms with van der Waals surface area (Å²) < 4.78 is 10.8. The minimum absolute atomic E-state index is 0.0714. The Kier molecular flexibility index (Phi) is 5.75. The number of aliphatic hydroxyl groups is 1. The van der Waals surface area contributed by atoms with Gasteiger partial charge in [0.25, 0.3) is 5.91 Å². The fraction of sp³-hybridized carbons (Fsp3) is 0.524. The Balaban J connectivity index is 1.43. The molecule has 7 nitrogen and oxygen atoms in total. The van der Waals surface area contributed by atoms with E-state index in [0.29, 0.717) is 44.2 Å². The van der Waals surface area contributed by atoms with Gasteiger partial charge in [0.1, 0.15) is 0 Å². The van der Waals surface area contributed by atoms with Crippen molar-refractivity contribution in [1.29, 1.82) is 0 Å². The summed E-state index contributed by atoms with van der Waals surface area (Å²) >= 11 is 0. The van der Waals surface area contributed by atoms with E-state index in [1.165, 1.54) is 0 Å². The third-order valence-corrected chi connectivity index (χ3v) is 5.70. The molecule has 0 radical (unpaired) electrons. The number of aromatic nitrogens is 1. The molecule has 0 bridgehead atoms. The number of aliphatic hydroxyl groups excluding tert-OH is 1. The third kappa shape index (κ3) is 4.11. The molecule has 2 aliphatic heterocycles. The van der Waals surface area contributed by atoms with Gasteiger partial charge < -0.3 is 19.3 Å². The van der Waals surface area contributed by atoms with Crippen LogP contribution in [0.3, 0.4) is 0 Å². The molecule has 2 fully saturated rings. The highest BCUT2D eigenvalue weighted by Crippen LogP contribution is 2.23. The molecule has 3 heterocycles. The molecular formula is C21H27N3O4. The molecule has 150 valence electrons. The number of likely N-dealkylation sites (tertiary alicyclic amines) is 1. The van der Waals surface area contributed by atoms with Gasteiger partial charge in [-0.3, -0.25) is 9.69 Å². The summed E-state index contributed by atoms with van der Waals surface area (Å²) in [5.41, 5.74) is 2.38. The molecule has 1 aromatic carbocycles. The molecule has 2 aromatic rings. The maximum atomic E-state index is 12.9. The smallest absolute Gasteiger partial charge is 0.276 e. The number of hydrogen-bond acceptors (Lipinski definition) is 6. The first-order valence-electron chi connectivity index (χ1n) is 9.95. The maximum absolute atomic E-state index is 12.9. The topological polar surface area (TPSA) is 79.0 Å². The van der Waals surface area contributed by atoms with E-state index in [2.05, 4.69) is 10.1 Å². The Labute approximate surface area is 164 Å². The second-order valence-corrected chi connectivity index (χ2v) is 7.60. The van der Waals surface area contributed by atoms with E-state index >= 15 is 0 Å². The van der Waals surface area contributed by atoms with Crippen molar-refractivity contribution >= 4 is 5.91 Å². The van der Waals surface area contributed by atoms with E-state index in [0.717, 1.165) is 30.6 Å². The molecule has 1 amide bonds. The van der Waals surface area contributed by atoms with Gasteiger partial charge in [0.2, 0.25) is 0 Å². The SMILES string of the molecule is Cc1ccc(-c2cc(C(=O)N3CC[C@H](O)[C@@H](N4CCOCC4)CC3)no2)cc1. The highest BCUT2D eigenvalue weighted by atomic mass is 16.5. The number of amides is 1. The first-order chi connectivity index (χ1) is 13.6. The lowest BCUT2D eigenvalue weighted by atomic mass is 10.0. The van der Waals surface area contributed by atoms with Gasteiger partial charge in [0, 0.05) is 43.9 Å². The van der Waals surface area contributed by atoms with Crippen LogP contribution in [0, 0.1) is 6.92 Å². The minimum Gasteiger partial charge on any atom is -0.391 e. The van der Waals surface area contributed by atoms with Crippen LogP contribution in [0.1, 0.15) is 28.9 Å². The van der Waals surface area contributed by atoms with Crippen LogP contribution >= 0.6 is 0 Å². The van der Waals surface area contributed by atoms with E-state index < -0.39 is 6.10 Å². The predicted molar refractivity (Wildman–Crippen MR) is 104 cm³/mol. The molecule has 2 atom stereocenters. The summed E-state index contributed by atoms with van der Waals surface area (Å²) in [6, 6.07) is 9.69. The number of hydrogen-bond donors (Lipinski definition) is 1. The van der Waals surface area contributed by atoms with Gasteiger partial charge in [0.05, 0.1) is 19.3 Å².